The summed E-state index contributed by atoms with van der Waals surface area (Å²) in [5, 5.41) is 21.5. The monoisotopic (exact) mass is 424 g/mol. The number of carboxylic acids is 1. The number of aliphatic hydroxyl groups excluding tert-OH is 1. The van der Waals surface area contributed by atoms with Gasteiger partial charge in [-0.1, -0.05) is 6.07 Å². The lowest BCUT2D eigenvalue weighted by Gasteiger charge is -2.17. The van der Waals surface area contributed by atoms with Crippen LogP contribution < -0.4 is 10.1 Å². The number of carboxylic acid groups (broad SMARTS) is 1. The van der Waals surface area contributed by atoms with Gasteiger partial charge in [0, 0.05) is 18.8 Å². The molecule has 30 heavy (non-hydrogen) atoms. The minimum atomic E-state index is -4.51. The van der Waals surface area contributed by atoms with E-state index in [9.17, 15) is 27.9 Å². The van der Waals surface area contributed by atoms with Crippen LogP contribution in [0.1, 0.15) is 15.9 Å². The van der Waals surface area contributed by atoms with Gasteiger partial charge in [-0.15, -0.1) is 0 Å². The first-order chi connectivity index (χ1) is 14.1. The maximum Gasteiger partial charge on any atom is 0.416 e. The van der Waals surface area contributed by atoms with Gasteiger partial charge in [0.15, 0.2) is 0 Å². The van der Waals surface area contributed by atoms with Crippen LogP contribution in [0.5, 0.6) is 5.75 Å². The lowest BCUT2D eigenvalue weighted by Crippen LogP contribution is -2.33. The molecule has 1 saturated heterocycles. The van der Waals surface area contributed by atoms with Crippen LogP contribution in [0.2, 0.25) is 0 Å². The Kier molecular flexibility index (Phi) is 6.28. The third kappa shape index (κ3) is 5.49. The molecule has 0 radical (unpaired) electrons. The smallest absolute Gasteiger partial charge is 0.416 e. The molecule has 0 bridgehead atoms. The van der Waals surface area contributed by atoms with Gasteiger partial charge in [0.25, 0.3) is 0 Å². The highest BCUT2D eigenvalue weighted by Gasteiger charge is 2.34. The van der Waals surface area contributed by atoms with Gasteiger partial charge in [-0.3, -0.25) is 9.69 Å². The number of nitrogens with one attached hydrogen (secondary N) is 1. The topological polar surface area (TPSA) is 99.1 Å². The van der Waals surface area contributed by atoms with E-state index >= 15 is 0 Å². The zero-order valence-corrected chi connectivity index (χ0v) is 15.6. The lowest BCUT2D eigenvalue weighted by molar-refractivity contribution is -0.137. The van der Waals surface area contributed by atoms with E-state index in [2.05, 4.69) is 5.32 Å². The first kappa shape index (κ1) is 21.6. The normalized spacial score (nSPS) is 19.5. The second kappa shape index (κ2) is 8.72. The largest absolute Gasteiger partial charge is 0.486 e. The van der Waals surface area contributed by atoms with Crippen molar-refractivity contribution in [3.8, 4) is 5.75 Å². The number of ether oxygens (including phenoxy) is 1. The van der Waals surface area contributed by atoms with Gasteiger partial charge in [-0.25, -0.2) is 4.79 Å². The SMILES string of the molecule is O=C(CN1C[C@@H](O)[C@H](Oc2ccc(C(=O)O)cc2)C1)Nc1cccc(C(F)(F)F)c1. The van der Waals surface area contributed by atoms with Crippen molar-refractivity contribution < 1.29 is 37.7 Å². The molecule has 160 valence electrons. The molecule has 1 fully saturated rings. The molecule has 2 atom stereocenters. The summed E-state index contributed by atoms with van der Waals surface area (Å²) in [4.78, 5) is 24.7. The lowest BCUT2D eigenvalue weighted by atomic mass is 10.2. The summed E-state index contributed by atoms with van der Waals surface area (Å²) in [6.45, 7) is 0.233. The molecule has 10 heteroatoms. The molecule has 0 unspecified atom stereocenters. The highest BCUT2D eigenvalue weighted by molar-refractivity contribution is 5.92. The number of hydrogen-bond acceptors (Lipinski definition) is 5. The quantitative estimate of drug-likeness (QED) is 0.659. The number of anilines is 1. The van der Waals surface area contributed by atoms with Crippen LogP contribution >= 0.6 is 0 Å². The average molecular weight is 424 g/mol. The van der Waals surface area contributed by atoms with Crippen molar-refractivity contribution in [2.45, 2.75) is 18.4 Å². The first-order valence-corrected chi connectivity index (χ1v) is 8.99. The van der Waals surface area contributed by atoms with E-state index in [1.807, 2.05) is 0 Å². The zero-order chi connectivity index (χ0) is 21.9. The van der Waals surface area contributed by atoms with Crippen molar-refractivity contribution >= 4 is 17.6 Å². The molecule has 3 N–H and O–H groups in total. The highest BCUT2D eigenvalue weighted by atomic mass is 19.4. The number of β-amino-alcohol motifs (C(OH)–C–C–N with tert-alkyl or cyclic N) is 1. The second-order valence-electron chi connectivity index (χ2n) is 6.87. The van der Waals surface area contributed by atoms with Gasteiger partial charge in [0.1, 0.15) is 18.0 Å². The van der Waals surface area contributed by atoms with Crippen LogP contribution in [-0.2, 0) is 11.0 Å². The molecule has 1 aliphatic rings. The van der Waals surface area contributed by atoms with E-state index in [1.165, 1.54) is 36.4 Å². The van der Waals surface area contributed by atoms with Gasteiger partial charge in [-0.2, -0.15) is 13.2 Å². The Bertz CT molecular complexity index is 917. The molecule has 0 aromatic heterocycles. The van der Waals surface area contributed by atoms with Crippen LogP contribution in [0.4, 0.5) is 18.9 Å². The van der Waals surface area contributed by atoms with Crippen molar-refractivity contribution in [3.05, 3.63) is 59.7 Å². The molecule has 1 heterocycles. The third-order valence-corrected chi connectivity index (χ3v) is 4.54. The van der Waals surface area contributed by atoms with Crippen molar-refractivity contribution in [1.29, 1.82) is 0 Å². The Balaban J connectivity index is 1.54. The second-order valence-corrected chi connectivity index (χ2v) is 6.87. The number of likely N-dealkylation sites (tertiary alicyclic amines) is 1. The minimum absolute atomic E-state index is 0.0286. The number of benzene rings is 2. The van der Waals surface area contributed by atoms with Crippen LogP contribution in [0.3, 0.4) is 0 Å². The number of alkyl halides is 3. The number of carbonyl (C=O) groups excluding carboxylic acids is 1. The Morgan fingerprint density at radius 2 is 1.83 bits per heavy atom. The van der Waals surface area contributed by atoms with Crippen LogP contribution in [-0.4, -0.2) is 58.8 Å². The maximum absolute atomic E-state index is 12.8. The Morgan fingerprint density at radius 1 is 1.13 bits per heavy atom. The number of carbonyl (C=O) groups is 2. The molecular formula is C20H19F3N2O5. The van der Waals surface area contributed by atoms with Gasteiger partial charge < -0.3 is 20.3 Å². The fraction of sp³-hybridized carbons (Fsp3) is 0.300. The molecule has 3 rings (SSSR count). The van der Waals surface area contributed by atoms with E-state index < -0.39 is 35.8 Å². The van der Waals surface area contributed by atoms with Crippen LogP contribution in [0.15, 0.2) is 48.5 Å². The number of amides is 1. The molecule has 0 saturated carbocycles. The summed E-state index contributed by atoms with van der Waals surface area (Å²) in [7, 11) is 0. The first-order valence-electron chi connectivity index (χ1n) is 8.99. The van der Waals surface area contributed by atoms with Gasteiger partial charge >= 0.3 is 12.1 Å². The summed E-state index contributed by atoms with van der Waals surface area (Å²) in [6, 6.07) is 10.0. The molecule has 0 aliphatic carbocycles. The van der Waals surface area contributed by atoms with Crippen molar-refractivity contribution in [2.75, 3.05) is 25.0 Å². The Morgan fingerprint density at radius 3 is 2.47 bits per heavy atom. The Labute approximate surface area is 169 Å². The third-order valence-electron chi connectivity index (χ3n) is 4.54. The van der Waals surface area contributed by atoms with Gasteiger partial charge in [0.05, 0.1) is 17.7 Å². The van der Waals surface area contributed by atoms with Crippen molar-refractivity contribution in [1.82, 2.24) is 4.90 Å². The van der Waals surface area contributed by atoms with E-state index in [1.54, 1.807) is 4.90 Å². The summed E-state index contributed by atoms with van der Waals surface area (Å²) in [5.74, 6) is -1.22. The number of aromatic carboxylic acids is 1. The predicted octanol–water partition coefficient (Wildman–Crippen LogP) is 2.47. The van der Waals surface area contributed by atoms with Gasteiger partial charge in [0.2, 0.25) is 5.91 Å². The standard InChI is InChI=1S/C20H19F3N2O5/c21-20(22,23)13-2-1-3-14(8-13)24-18(27)11-25-9-16(26)17(10-25)30-15-6-4-12(5-7-15)19(28)29/h1-8,16-17,26H,9-11H2,(H,24,27)(H,28,29)/t16-,17-/m1/s1. The summed E-state index contributed by atoms with van der Waals surface area (Å²) < 4.78 is 44.0. The number of aliphatic hydroxyl groups is 1. The minimum Gasteiger partial charge on any atom is -0.486 e. The predicted molar refractivity (Wildman–Crippen MR) is 100 cm³/mol. The van der Waals surface area contributed by atoms with E-state index in [0.717, 1.165) is 12.1 Å². The molecule has 2 aromatic rings. The van der Waals surface area contributed by atoms with E-state index in [-0.39, 0.29) is 30.9 Å². The average Bonchev–Trinajstić information content (AvgIpc) is 3.00. The molecular weight excluding hydrogens is 405 g/mol. The fourth-order valence-electron chi connectivity index (χ4n) is 3.11. The number of nitrogens with zero attached hydrogens (tertiary/aromatic N) is 1. The van der Waals surface area contributed by atoms with E-state index in [0.29, 0.717) is 5.75 Å². The summed E-state index contributed by atoms with van der Waals surface area (Å²) in [5.41, 5.74) is -0.734. The molecule has 7 nitrogen and oxygen atoms in total. The van der Waals surface area contributed by atoms with Crippen molar-refractivity contribution in [2.24, 2.45) is 0 Å². The molecule has 0 spiro atoms. The summed E-state index contributed by atoms with van der Waals surface area (Å²) in [6.07, 6.45) is -6.03. The Hall–Kier alpha value is -3.11. The molecule has 2 aromatic carbocycles. The zero-order valence-electron chi connectivity index (χ0n) is 15.6. The summed E-state index contributed by atoms with van der Waals surface area (Å²) >= 11 is 0. The van der Waals surface area contributed by atoms with E-state index in [4.69, 9.17) is 9.84 Å². The van der Waals surface area contributed by atoms with Gasteiger partial charge in [-0.05, 0) is 42.5 Å². The van der Waals surface area contributed by atoms with Crippen molar-refractivity contribution in [3.63, 3.8) is 0 Å². The van der Waals surface area contributed by atoms with Crippen LogP contribution in [0, 0.1) is 0 Å². The maximum atomic E-state index is 12.8. The number of rotatable bonds is 6. The highest BCUT2D eigenvalue weighted by Crippen LogP contribution is 2.30. The molecule has 1 amide bonds. The van der Waals surface area contributed by atoms with Crippen LogP contribution in [0.25, 0.3) is 0 Å². The molecule has 1 aliphatic heterocycles. The number of hydrogen-bond donors (Lipinski definition) is 3. The fourth-order valence-corrected chi connectivity index (χ4v) is 3.11. The number of halogens is 3.